The van der Waals surface area contributed by atoms with E-state index in [0.717, 1.165) is 25.3 Å². The van der Waals surface area contributed by atoms with Crippen LogP contribution in [0.4, 0.5) is 0 Å². The van der Waals surface area contributed by atoms with Crippen molar-refractivity contribution in [1.82, 2.24) is 14.8 Å². The predicted octanol–water partition coefficient (Wildman–Crippen LogP) is 0.986. The molecule has 1 aromatic rings. The first-order chi connectivity index (χ1) is 8.20. The van der Waals surface area contributed by atoms with Crippen molar-refractivity contribution in [3.8, 4) is 0 Å². The first kappa shape index (κ1) is 13.0. The van der Waals surface area contributed by atoms with Crippen molar-refractivity contribution in [3.63, 3.8) is 0 Å². The second-order valence-corrected chi connectivity index (χ2v) is 5.65. The Bertz CT molecular complexity index is 355. The standard InChI is InChI=1S/C12H21N3OS/c1-14-5-3-6-15(2)11(8-14)12-13-10(4-7-16)9-17-12/h9,11,16H,3-8H2,1-2H3. The van der Waals surface area contributed by atoms with Crippen molar-refractivity contribution >= 4 is 11.3 Å². The van der Waals surface area contributed by atoms with Crippen LogP contribution >= 0.6 is 11.3 Å². The van der Waals surface area contributed by atoms with Gasteiger partial charge in [-0.1, -0.05) is 0 Å². The van der Waals surface area contributed by atoms with E-state index in [0.29, 0.717) is 12.5 Å². The highest BCUT2D eigenvalue weighted by Crippen LogP contribution is 2.26. The van der Waals surface area contributed by atoms with Crippen LogP contribution in [0.15, 0.2) is 5.38 Å². The number of hydrogen-bond acceptors (Lipinski definition) is 5. The van der Waals surface area contributed by atoms with Crippen molar-refractivity contribution in [2.75, 3.05) is 40.3 Å². The number of likely N-dealkylation sites (N-methyl/N-ethyl adjacent to an activating group) is 2. The molecule has 1 N–H and O–H groups in total. The first-order valence-electron chi connectivity index (χ1n) is 6.14. The van der Waals surface area contributed by atoms with Gasteiger partial charge in [0.05, 0.1) is 11.7 Å². The second kappa shape index (κ2) is 5.91. The molecule has 0 radical (unpaired) electrons. The van der Waals surface area contributed by atoms with E-state index in [2.05, 4.69) is 34.3 Å². The molecule has 1 atom stereocenters. The molecule has 1 aliphatic heterocycles. The summed E-state index contributed by atoms with van der Waals surface area (Å²) in [5, 5.41) is 12.2. The van der Waals surface area contributed by atoms with E-state index in [-0.39, 0.29) is 6.61 Å². The summed E-state index contributed by atoms with van der Waals surface area (Å²) in [6.07, 6.45) is 1.89. The fourth-order valence-electron chi connectivity index (χ4n) is 2.24. The molecule has 2 rings (SSSR count). The van der Waals surface area contributed by atoms with Gasteiger partial charge in [0.25, 0.3) is 0 Å². The SMILES string of the molecule is CN1CCCN(C)C(c2nc(CCO)cs2)C1. The number of aliphatic hydroxyl groups excluding tert-OH is 1. The molecule has 1 aliphatic rings. The maximum atomic E-state index is 8.92. The Hall–Kier alpha value is -0.490. The Balaban J connectivity index is 2.11. The van der Waals surface area contributed by atoms with E-state index in [9.17, 15) is 0 Å². The summed E-state index contributed by atoms with van der Waals surface area (Å²) >= 11 is 1.72. The summed E-state index contributed by atoms with van der Waals surface area (Å²) in [6, 6.07) is 0.403. The minimum atomic E-state index is 0.184. The van der Waals surface area contributed by atoms with Crippen LogP contribution < -0.4 is 0 Å². The lowest BCUT2D eigenvalue weighted by atomic mass is 10.2. The smallest absolute Gasteiger partial charge is 0.111 e. The minimum Gasteiger partial charge on any atom is -0.396 e. The van der Waals surface area contributed by atoms with Gasteiger partial charge in [-0.3, -0.25) is 4.90 Å². The molecule has 2 heterocycles. The number of hydrogen-bond donors (Lipinski definition) is 1. The van der Waals surface area contributed by atoms with Gasteiger partial charge in [0, 0.05) is 25.0 Å². The first-order valence-corrected chi connectivity index (χ1v) is 7.02. The van der Waals surface area contributed by atoms with Crippen LogP contribution in [0.2, 0.25) is 0 Å². The Morgan fingerprint density at radius 2 is 2.29 bits per heavy atom. The molecule has 0 aliphatic carbocycles. The van der Waals surface area contributed by atoms with E-state index in [1.165, 1.54) is 11.4 Å². The molecule has 5 heteroatoms. The summed E-state index contributed by atoms with van der Waals surface area (Å²) in [5.41, 5.74) is 1.02. The summed E-state index contributed by atoms with van der Waals surface area (Å²) < 4.78 is 0. The minimum absolute atomic E-state index is 0.184. The van der Waals surface area contributed by atoms with Gasteiger partial charge in [0.1, 0.15) is 5.01 Å². The van der Waals surface area contributed by atoms with E-state index in [4.69, 9.17) is 5.11 Å². The lowest BCUT2D eigenvalue weighted by Gasteiger charge is -2.25. The van der Waals surface area contributed by atoms with Crippen molar-refractivity contribution in [1.29, 1.82) is 0 Å². The Kier molecular flexibility index (Phi) is 4.50. The number of rotatable bonds is 3. The molecule has 1 unspecified atom stereocenters. The monoisotopic (exact) mass is 255 g/mol. The van der Waals surface area contributed by atoms with Crippen LogP contribution in [0.3, 0.4) is 0 Å². The Morgan fingerprint density at radius 3 is 3.06 bits per heavy atom. The summed E-state index contributed by atoms with van der Waals surface area (Å²) in [4.78, 5) is 9.41. The molecule has 0 amide bonds. The predicted molar refractivity (Wildman–Crippen MR) is 70.4 cm³/mol. The highest BCUT2D eigenvalue weighted by molar-refractivity contribution is 7.09. The third-order valence-corrected chi connectivity index (χ3v) is 4.28. The summed E-state index contributed by atoms with van der Waals surface area (Å²) in [6.45, 7) is 3.52. The lowest BCUT2D eigenvalue weighted by Crippen LogP contribution is -2.30. The normalized spacial score (nSPS) is 23.8. The fourth-order valence-corrected chi connectivity index (χ4v) is 3.25. The van der Waals surface area contributed by atoms with Crippen LogP contribution in [0, 0.1) is 0 Å². The van der Waals surface area contributed by atoms with Crippen LogP contribution in [-0.4, -0.2) is 60.2 Å². The molecule has 0 saturated carbocycles. The highest BCUT2D eigenvalue weighted by Gasteiger charge is 2.24. The third kappa shape index (κ3) is 3.25. The Morgan fingerprint density at radius 1 is 1.47 bits per heavy atom. The van der Waals surface area contributed by atoms with Gasteiger partial charge in [-0.05, 0) is 33.6 Å². The maximum Gasteiger partial charge on any atom is 0.111 e. The van der Waals surface area contributed by atoms with E-state index in [1.807, 2.05) is 0 Å². The van der Waals surface area contributed by atoms with Crippen molar-refractivity contribution in [2.45, 2.75) is 18.9 Å². The van der Waals surface area contributed by atoms with Gasteiger partial charge < -0.3 is 10.0 Å². The zero-order valence-corrected chi connectivity index (χ0v) is 11.4. The molecule has 4 nitrogen and oxygen atoms in total. The van der Waals surface area contributed by atoms with Gasteiger partial charge in [-0.25, -0.2) is 4.98 Å². The number of nitrogens with zero attached hydrogens (tertiary/aromatic N) is 3. The van der Waals surface area contributed by atoms with Crippen LogP contribution in [0.25, 0.3) is 0 Å². The molecular weight excluding hydrogens is 234 g/mol. The van der Waals surface area contributed by atoms with Crippen molar-refractivity contribution in [3.05, 3.63) is 16.1 Å². The van der Waals surface area contributed by atoms with Gasteiger partial charge in [0.2, 0.25) is 0 Å². The van der Waals surface area contributed by atoms with Crippen molar-refractivity contribution in [2.24, 2.45) is 0 Å². The lowest BCUT2D eigenvalue weighted by molar-refractivity contribution is 0.228. The largest absolute Gasteiger partial charge is 0.396 e. The Labute approximate surface area is 107 Å². The molecular formula is C12H21N3OS. The average Bonchev–Trinajstić information content (AvgIpc) is 2.67. The maximum absolute atomic E-state index is 8.92. The fraction of sp³-hybridized carbons (Fsp3) is 0.750. The van der Waals surface area contributed by atoms with Crippen LogP contribution in [0.1, 0.15) is 23.2 Å². The molecule has 1 saturated heterocycles. The van der Waals surface area contributed by atoms with Gasteiger partial charge in [0.15, 0.2) is 0 Å². The molecule has 96 valence electrons. The van der Waals surface area contributed by atoms with Gasteiger partial charge >= 0.3 is 0 Å². The van der Waals surface area contributed by atoms with Gasteiger partial charge in [-0.15, -0.1) is 11.3 Å². The molecule has 1 aromatic heterocycles. The van der Waals surface area contributed by atoms with Crippen LogP contribution in [0.5, 0.6) is 0 Å². The highest BCUT2D eigenvalue weighted by atomic mass is 32.1. The summed E-state index contributed by atoms with van der Waals surface area (Å²) in [7, 11) is 4.35. The molecule has 1 fully saturated rings. The number of aromatic nitrogens is 1. The molecule has 0 aromatic carbocycles. The molecule has 0 spiro atoms. The van der Waals surface area contributed by atoms with E-state index < -0.39 is 0 Å². The number of thiazole rings is 1. The van der Waals surface area contributed by atoms with E-state index >= 15 is 0 Å². The summed E-state index contributed by atoms with van der Waals surface area (Å²) in [5.74, 6) is 0. The zero-order chi connectivity index (χ0) is 12.3. The average molecular weight is 255 g/mol. The third-order valence-electron chi connectivity index (χ3n) is 3.29. The quantitative estimate of drug-likeness (QED) is 0.874. The van der Waals surface area contributed by atoms with Crippen LogP contribution in [-0.2, 0) is 6.42 Å². The molecule has 17 heavy (non-hydrogen) atoms. The topological polar surface area (TPSA) is 39.6 Å². The second-order valence-electron chi connectivity index (χ2n) is 4.76. The molecule has 0 bridgehead atoms. The zero-order valence-electron chi connectivity index (χ0n) is 10.6. The van der Waals surface area contributed by atoms with Crippen molar-refractivity contribution < 1.29 is 5.11 Å². The van der Waals surface area contributed by atoms with E-state index in [1.54, 1.807) is 11.3 Å². The number of aliphatic hydroxyl groups is 1. The van der Waals surface area contributed by atoms with Gasteiger partial charge in [-0.2, -0.15) is 0 Å².